The number of hydrogen-bond acceptors (Lipinski definition) is 6. The van der Waals surface area contributed by atoms with E-state index in [0.29, 0.717) is 22.2 Å². The van der Waals surface area contributed by atoms with Crippen molar-refractivity contribution >= 4 is 46.7 Å². The van der Waals surface area contributed by atoms with Gasteiger partial charge in [-0.1, -0.05) is 41.9 Å². The van der Waals surface area contributed by atoms with Crippen LogP contribution in [0, 0.1) is 0 Å². The fraction of sp³-hybridized carbons (Fsp3) is 0.182. The predicted octanol–water partition coefficient (Wildman–Crippen LogP) is 4.24. The number of rotatable bonds is 7. The van der Waals surface area contributed by atoms with Crippen LogP contribution in [0.25, 0.3) is 0 Å². The Morgan fingerprint density at radius 3 is 2.50 bits per heavy atom. The van der Waals surface area contributed by atoms with E-state index in [1.807, 2.05) is 37.3 Å². The number of urea groups is 1. The lowest BCUT2D eigenvalue weighted by atomic mass is 10.1. The van der Waals surface area contributed by atoms with Crippen molar-refractivity contribution in [3.63, 3.8) is 0 Å². The molecule has 5 N–H and O–H groups in total. The van der Waals surface area contributed by atoms with E-state index >= 15 is 0 Å². The highest BCUT2D eigenvalue weighted by molar-refractivity contribution is 6.33. The highest BCUT2D eigenvalue weighted by Crippen LogP contribution is 2.28. The molecule has 0 fully saturated rings. The van der Waals surface area contributed by atoms with Crippen molar-refractivity contribution in [1.29, 1.82) is 0 Å². The number of nitrogens with zero attached hydrogens (tertiary/aromatic N) is 3. The topological polar surface area (TPSA) is 125 Å². The van der Waals surface area contributed by atoms with Crippen molar-refractivity contribution in [2.45, 2.75) is 13.0 Å². The zero-order valence-electron chi connectivity index (χ0n) is 17.9. The third-order valence-corrected chi connectivity index (χ3v) is 4.91. The van der Waals surface area contributed by atoms with Gasteiger partial charge in [-0.2, -0.15) is 4.98 Å². The van der Waals surface area contributed by atoms with Crippen molar-refractivity contribution in [3.05, 3.63) is 70.9 Å². The van der Waals surface area contributed by atoms with Crippen LogP contribution < -0.4 is 21.7 Å². The fourth-order valence-electron chi connectivity index (χ4n) is 2.82. The van der Waals surface area contributed by atoms with Crippen molar-refractivity contribution in [3.8, 4) is 0 Å². The summed E-state index contributed by atoms with van der Waals surface area (Å²) in [6.45, 7) is 1.95. The molecule has 2 aromatic carbocycles. The summed E-state index contributed by atoms with van der Waals surface area (Å²) in [5.41, 5.74) is 7.72. The lowest BCUT2D eigenvalue weighted by Crippen LogP contribution is -2.27. The fourth-order valence-corrected chi connectivity index (χ4v) is 2.98. The van der Waals surface area contributed by atoms with E-state index in [-0.39, 0.29) is 23.6 Å². The molecule has 0 spiro atoms. The van der Waals surface area contributed by atoms with Gasteiger partial charge in [0.2, 0.25) is 5.95 Å². The molecular weight excluding hydrogens is 430 g/mol. The van der Waals surface area contributed by atoms with Crippen LogP contribution in [-0.2, 0) is 0 Å². The van der Waals surface area contributed by atoms with E-state index in [0.717, 1.165) is 5.56 Å². The lowest BCUT2D eigenvalue weighted by Gasteiger charge is -2.18. The molecule has 0 radical (unpaired) electrons. The first-order valence-electron chi connectivity index (χ1n) is 9.78. The van der Waals surface area contributed by atoms with Crippen LogP contribution in [0.5, 0.6) is 0 Å². The van der Waals surface area contributed by atoms with Crippen molar-refractivity contribution in [2.75, 3.05) is 30.0 Å². The van der Waals surface area contributed by atoms with E-state index in [1.54, 1.807) is 32.3 Å². The largest absolute Gasteiger partial charge is 0.365 e. The minimum Gasteiger partial charge on any atom is -0.365 e. The maximum absolute atomic E-state index is 12.0. The summed E-state index contributed by atoms with van der Waals surface area (Å²) in [5.74, 6) is -0.0918. The monoisotopic (exact) mass is 453 g/mol. The number of benzene rings is 2. The van der Waals surface area contributed by atoms with E-state index in [2.05, 4.69) is 25.9 Å². The molecule has 1 atom stereocenters. The second kappa shape index (κ2) is 9.97. The molecule has 3 rings (SSSR count). The Labute approximate surface area is 191 Å². The highest BCUT2D eigenvalue weighted by atomic mass is 35.5. The van der Waals surface area contributed by atoms with Gasteiger partial charge in [0, 0.05) is 32.0 Å². The molecule has 0 aliphatic carbocycles. The van der Waals surface area contributed by atoms with Gasteiger partial charge >= 0.3 is 6.03 Å². The summed E-state index contributed by atoms with van der Waals surface area (Å²) in [5, 5.41) is 9.37. The zero-order chi connectivity index (χ0) is 23.3. The van der Waals surface area contributed by atoms with Crippen LogP contribution in [-0.4, -0.2) is 40.9 Å². The predicted molar refractivity (Wildman–Crippen MR) is 126 cm³/mol. The van der Waals surface area contributed by atoms with Gasteiger partial charge in [-0.15, -0.1) is 0 Å². The second-order valence-electron chi connectivity index (χ2n) is 7.24. The number of halogens is 1. The van der Waals surface area contributed by atoms with Crippen LogP contribution in [0.1, 0.15) is 28.9 Å². The van der Waals surface area contributed by atoms with Crippen LogP contribution in [0.2, 0.25) is 5.02 Å². The van der Waals surface area contributed by atoms with Crippen LogP contribution in [0.4, 0.5) is 27.9 Å². The smallest absolute Gasteiger partial charge is 0.321 e. The summed E-state index contributed by atoms with van der Waals surface area (Å²) >= 11 is 6.19. The van der Waals surface area contributed by atoms with Gasteiger partial charge in [0.05, 0.1) is 16.3 Å². The number of anilines is 4. The Kier molecular flexibility index (Phi) is 7.11. The van der Waals surface area contributed by atoms with Crippen molar-refractivity contribution in [1.82, 2.24) is 14.9 Å². The molecule has 10 heteroatoms. The summed E-state index contributed by atoms with van der Waals surface area (Å²) in [6, 6.07) is 14.3. The Morgan fingerprint density at radius 1 is 1.12 bits per heavy atom. The minimum absolute atomic E-state index is 0.125. The molecule has 1 unspecified atom stereocenters. The summed E-state index contributed by atoms with van der Waals surface area (Å²) < 4.78 is 0. The summed E-state index contributed by atoms with van der Waals surface area (Å²) in [6.07, 6.45) is 1.36. The van der Waals surface area contributed by atoms with E-state index in [4.69, 9.17) is 17.3 Å². The molecule has 0 saturated heterocycles. The molecule has 32 heavy (non-hydrogen) atoms. The van der Waals surface area contributed by atoms with E-state index in [9.17, 15) is 9.59 Å². The van der Waals surface area contributed by atoms with Crippen LogP contribution in [0.15, 0.2) is 54.7 Å². The molecule has 166 valence electrons. The number of primary amides is 1. The van der Waals surface area contributed by atoms with Gasteiger partial charge < -0.3 is 26.6 Å². The van der Waals surface area contributed by atoms with Crippen molar-refractivity contribution < 1.29 is 9.59 Å². The molecule has 3 aromatic rings. The second-order valence-corrected chi connectivity index (χ2v) is 7.65. The third-order valence-electron chi connectivity index (χ3n) is 4.58. The average Bonchev–Trinajstić information content (AvgIpc) is 2.76. The molecule has 1 aromatic heterocycles. The number of nitrogens with two attached hydrogens (primary N) is 1. The van der Waals surface area contributed by atoms with E-state index < -0.39 is 5.91 Å². The van der Waals surface area contributed by atoms with Gasteiger partial charge in [-0.3, -0.25) is 4.79 Å². The number of aromatic nitrogens is 2. The maximum Gasteiger partial charge on any atom is 0.321 e. The quantitative estimate of drug-likeness (QED) is 0.424. The van der Waals surface area contributed by atoms with Crippen molar-refractivity contribution in [2.24, 2.45) is 5.73 Å². The number of hydrogen-bond donors (Lipinski definition) is 4. The zero-order valence-corrected chi connectivity index (χ0v) is 18.6. The highest BCUT2D eigenvalue weighted by Gasteiger charge is 2.16. The van der Waals surface area contributed by atoms with Crippen LogP contribution in [0.3, 0.4) is 0 Å². The molecule has 0 aliphatic heterocycles. The standard InChI is InChI=1S/C22H24ClN7O2/c1-13(14-7-5-4-6-8-14)26-20-16(19(24)31)12-25-21(29-20)27-15-9-10-17(23)18(11-15)28-22(32)30(2)3/h4-13H,1-3H3,(H2,24,31)(H,28,32)(H2,25,26,27,29). The Morgan fingerprint density at radius 2 is 1.84 bits per heavy atom. The Balaban J connectivity index is 1.85. The minimum atomic E-state index is -0.639. The average molecular weight is 454 g/mol. The number of amides is 3. The normalized spacial score (nSPS) is 11.4. The number of carbonyl (C=O) groups excluding carboxylic acids is 2. The molecule has 9 nitrogen and oxygen atoms in total. The summed E-state index contributed by atoms with van der Waals surface area (Å²) in [4.78, 5) is 33.8. The maximum atomic E-state index is 12.0. The first-order chi connectivity index (χ1) is 15.2. The third kappa shape index (κ3) is 5.64. The molecule has 3 amide bonds. The number of carbonyl (C=O) groups is 2. The Hall–Kier alpha value is -3.85. The van der Waals surface area contributed by atoms with Gasteiger partial charge in [0.15, 0.2) is 0 Å². The molecule has 0 aliphatic rings. The molecule has 0 saturated carbocycles. The molecule has 1 heterocycles. The molecule has 0 bridgehead atoms. The van der Waals surface area contributed by atoms with E-state index in [1.165, 1.54) is 11.1 Å². The first-order valence-corrected chi connectivity index (χ1v) is 10.2. The van der Waals surface area contributed by atoms with Gasteiger partial charge in [0.25, 0.3) is 5.91 Å². The van der Waals surface area contributed by atoms with Gasteiger partial charge in [0.1, 0.15) is 5.82 Å². The Bertz CT molecular complexity index is 1120. The molecular formula is C22H24ClN7O2. The van der Waals surface area contributed by atoms with Gasteiger partial charge in [-0.25, -0.2) is 9.78 Å². The number of nitrogens with one attached hydrogen (secondary N) is 3. The first kappa shape index (κ1) is 22.8. The van der Waals surface area contributed by atoms with Gasteiger partial charge in [-0.05, 0) is 30.7 Å². The lowest BCUT2D eigenvalue weighted by molar-refractivity contribution is 0.100. The summed E-state index contributed by atoms with van der Waals surface area (Å²) in [7, 11) is 3.26. The van der Waals surface area contributed by atoms with Crippen LogP contribution >= 0.6 is 11.6 Å². The SMILES string of the molecule is CC(Nc1nc(Nc2ccc(Cl)c(NC(=O)N(C)C)c2)ncc1C(N)=O)c1ccccc1.